The minimum atomic E-state index is -1.63. The van der Waals surface area contributed by atoms with Crippen LogP contribution in [0.4, 0.5) is 0 Å². The van der Waals surface area contributed by atoms with Crippen LogP contribution in [0.15, 0.2) is 0 Å². The molecule has 1 aromatic heterocycles. The number of aromatic nitrogens is 3. The molecule has 0 aliphatic rings. The molecule has 0 N–H and O–H groups in total. The number of rotatable bonds is 2. The third-order valence-corrected chi connectivity index (χ3v) is 2.57. The highest BCUT2D eigenvalue weighted by molar-refractivity contribution is 6.28. The summed E-state index contributed by atoms with van der Waals surface area (Å²) in [6, 6.07) is 6.99. The molecule has 1 aromatic rings. The molecule has 1 rings (SSSR count). The minimum absolute atomic E-state index is 0.191. The van der Waals surface area contributed by atoms with Crippen LogP contribution in [0.3, 0.4) is 0 Å². The molecule has 1 heterocycles. The van der Waals surface area contributed by atoms with Gasteiger partial charge in [0.15, 0.2) is 22.5 Å². The van der Waals surface area contributed by atoms with E-state index in [9.17, 15) is 0 Å². The van der Waals surface area contributed by atoms with Gasteiger partial charge in [0.1, 0.15) is 0 Å². The van der Waals surface area contributed by atoms with Crippen molar-refractivity contribution in [1.29, 1.82) is 21.0 Å². The summed E-state index contributed by atoms with van der Waals surface area (Å²) in [5.74, 6) is -0.381. The predicted octanol–water partition coefficient (Wildman–Crippen LogP) is 1.13. The van der Waals surface area contributed by atoms with E-state index in [0.29, 0.717) is 0 Å². The number of hydrogen-bond donors (Lipinski definition) is 0. The van der Waals surface area contributed by atoms with E-state index in [1.54, 1.807) is 24.3 Å². The molecule has 0 bridgehead atoms. The Labute approximate surface area is 114 Å². The summed E-state index contributed by atoms with van der Waals surface area (Å²) in [6.45, 7) is 2.61. The molecule has 8 heteroatoms. The lowest BCUT2D eigenvalue weighted by Crippen LogP contribution is -2.27. The molecule has 0 fully saturated rings. The summed E-state index contributed by atoms with van der Waals surface area (Å²) in [4.78, 5) is 11.3. The second-order valence-corrected chi connectivity index (χ2v) is 4.29. The van der Waals surface area contributed by atoms with Gasteiger partial charge in [0.2, 0.25) is 5.28 Å². The molecule has 92 valence electrons. The predicted molar refractivity (Wildman–Crippen MR) is 62.0 cm³/mol. The third-order valence-electron chi connectivity index (χ3n) is 2.40. The van der Waals surface area contributed by atoms with Crippen LogP contribution in [0.25, 0.3) is 0 Å². The van der Waals surface area contributed by atoms with Gasteiger partial charge in [-0.3, -0.25) is 0 Å². The molecule has 0 radical (unpaired) electrons. The van der Waals surface area contributed by atoms with E-state index in [1.807, 2.05) is 0 Å². The van der Waals surface area contributed by atoms with E-state index < -0.39 is 10.8 Å². The maximum atomic E-state index is 8.99. The minimum Gasteiger partial charge on any atom is -0.212 e. The van der Waals surface area contributed by atoms with Crippen LogP contribution in [0.2, 0.25) is 5.28 Å². The quantitative estimate of drug-likeness (QED) is 0.787. The molecule has 0 aliphatic carbocycles. The lowest BCUT2D eigenvalue weighted by atomic mass is 9.91. The van der Waals surface area contributed by atoms with Crippen molar-refractivity contribution in [3.05, 3.63) is 16.9 Å². The van der Waals surface area contributed by atoms with Crippen molar-refractivity contribution >= 4 is 11.6 Å². The molecule has 0 aliphatic heterocycles. The first-order valence-electron chi connectivity index (χ1n) is 4.93. The van der Waals surface area contributed by atoms with E-state index in [4.69, 9.17) is 32.6 Å². The smallest absolute Gasteiger partial charge is 0.212 e. The van der Waals surface area contributed by atoms with Crippen LogP contribution in [0.1, 0.15) is 25.5 Å². The molecule has 0 aromatic carbocycles. The monoisotopic (exact) mass is 271 g/mol. The molecular weight excluding hydrogens is 266 g/mol. The van der Waals surface area contributed by atoms with Gasteiger partial charge in [-0.05, 0) is 25.4 Å². The van der Waals surface area contributed by atoms with Crippen LogP contribution in [-0.2, 0) is 10.8 Å². The maximum Gasteiger partial charge on any atom is 0.226 e. The summed E-state index contributed by atoms with van der Waals surface area (Å²) in [6.07, 6.45) is 0. The first kappa shape index (κ1) is 14.3. The Morgan fingerprint density at radius 2 is 1.11 bits per heavy atom. The van der Waals surface area contributed by atoms with Gasteiger partial charge in [-0.15, -0.1) is 0 Å². The Morgan fingerprint density at radius 3 is 1.37 bits per heavy atom. The van der Waals surface area contributed by atoms with E-state index in [2.05, 4.69) is 15.0 Å². The fourth-order valence-electron chi connectivity index (χ4n) is 1.05. The standard InChI is InChI=1S/C11H6ClN7/c1-10(3-13,4-14)7-17-8(19-9(12)18-7)11(2,5-15)6-16/h1-2H3. The number of nitrogens with zero attached hydrogens (tertiary/aromatic N) is 7. The first-order valence-corrected chi connectivity index (χ1v) is 5.30. The highest BCUT2D eigenvalue weighted by atomic mass is 35.5. The van der Waals surface area contributed by atoms with Crippen molar-refractivity contribution in [2.24, 2.45) is 0 Å². The topological polar surface area (TPSA) is 134 Å². The van der Waals surface area contributed by atoms with Gasteiger partial charge in [-0.25, -0.2) is 4.98 Å². The third kappa shape index (κ3) is 2.43. The van der Waals surface area contributed by atoms with Crippen molar-refractivity contribution in [3.8, 4) is 24.3 Å². The Bertz CT molecular complexity index is 599. The second kappa shape index (κ2) is 4.86. The largest absolute Gasteiger partial charge is 0.226 e. The molecule has 19 heavy (non-hydrogen) atoms. The van der Waals surface area contributed by atoms with Crippen molar-refractivity contribution < 1.29 is 0 Å². The Kier molecular flexibility index (Phi) is 3.67. The van der Waals surface area contributed by atoms with Crippen LogP contribution in [0.5, 0.6) is 0 Å². The van der Waals surface area contributed by atoms with Crippen molar-refractivity contribution in [2.45, 2.75) is 24.7 Å². The molecular formula is C11H6ClN7. The van der Waals surface area contributed by atoms with Crippen LogP contribution in [0, 0.1) is 45.3 Å². The van der Waals surface area contributed by atoms with E-state index in [1.165, 1.54) is 13.8 Å². The van der Waals surface area contributed by atoms with Gasteiger partial charge in [0.05, 0.1) is 24.3 Å². The molecule has 7 nitrogen and oxygen atoms in total. The van der Waals surface area contributed by atoms with Crippen LogP contribution < -0.4 is 0 Å². The number of halogens is 1. The first-order chi connectivity index (χ1) is 8.85. The molecule has 0 amide bonds. The number of nitriles is 4. The van der Waals surface area contributed by atoms with Gasteiger partial charge < -0.3 is 0 Å². The maximum absolute atomic E-state index is 8.99. The molecule has 0 unspecified atom stereocenters. The molecule has 0 saturated heterocycles. The molecule has 0 atom stereocenters. The molecule has 0 saturated carbocycles. The average Bonchev–Trinajstić information content (AvgIpc) is 2.44. The fraction of sp³-hybridized carbons (Fsp3) is 0.364. The lowest BCUT2D eigenvalue weighted by molar-refractivity contribution is 0.642. The summed E-state index contributed by atoms with van der Waals surface area (Å²) < 4.78 is 0. The summed E-state index contributed by atoms with van der Waals surface area (Å²) in [5.41, 5.74) is -3.26. The zero-order valence-electron chi connectivity index (χ0n) is 10.0. The van der Waals surface area contributed by atoms with Crippen molar-refractivity contribution in [3.63, 3.8) is 0 Å². The van der Waals surface area contributed by atoms with Crippen LogP contribution in [-0.4, -0.2) is 15.0 Å². The van der Waals surface area contributed by atoms with E-state index in [-0.39, 0.29) is 16.9 Å². The highest BCUT2D eigenvalue weighted by Crippen LogP contribution is 2.24. The van der Waals surface area contributed by atoms with Crippen molar-refractivity contribution in [2.75, 3.05) is 0 Å². The van der Waals surface area contributed by atoms with Gasteiger partial charge in [0, 0.05) is 0 Å². The zero-order chi connectivity index (χ0) is 14.7. The SMILES string of the molecule is CC(C#N)(C#N)c1nc(Cl)nc(C(C)(C#N)C#N)n1. The Morgan fingerprint density at radius 1 is 0.789 bits per heavy atom. The van der Waals surface area contributed by atoms with Crippen LogP contribution >= 0.6 is 11.6 Å². The Balaban J connectivity index is 3.59. The van der Waals surface area contributed by atoms with Gasteiger partial charge >= 0.3 is 0 Å². The van der Waals surface area contributed by atoms with Crippen molar-refractivity contribution in [1.82, 2.24) is 15.0 Å². The number of hydrogen-bond acceptors (Lipinski definition) is 7. The fourth-order valence-corrected chi connectivity index (χ4v) is 1.21. The van der Waals surface area contributed by atoms with E-state index >= 15 is 0 Å². The summed E-state index contributed by atoms with van der Waals surface area (Å²) >= 11 is 5.69. The second-order valence-electron chi connectivity index (χ2n) is 3.95. The van der Waals surface area contributed by atoms with E-state index in [0.717, 1.165) is 0 Å². The highest BCUT2D eigenvalue weighted by Gasteiger charge is 2.36. The van der Waals surface area contributed by atoms with Gasteiger partial charge in [-0.1, -0.05) is 0 Å². The average molecular weight is 272 g/mol. The van der Waals surface area contributed by atoms with Gasteiger partial charge in [-0.2, -0.15) is 31.0 Å². The van der Waals surface area contributed by atoms with Gasteiger partial charge in [0.25, 0.3) is 0 Å². The lowest BCUT2D eigenvalue weighted by Gasteiger charge is -2.15. The summed E-state index contributed by atoms with van der Waals surface area (Å²) in [5, 5.41) is 35.7. The summed E-state index contributed by atoms with van der Waals surface area (Å²) in [7, 11) is 0. The normalized spacial score (nSPS) is 10.7. The Hall–Kier alpha value is -2.74. The molecule has 0 spiro atoms. The zero-order valence-corrected chi connectivity index (χ0v) is 10.8.